The molecule has 6 heteroatoms. The molecule has 0 unspecified atom stereocenters. The van der Waals surface area contributed by atoms with Crippen LogP contribution >= 0.6 is 11.6 Å². The molecule has 0 aliphatic heterocycles. The number of nitrogens with one attached hydrogen (secondary N) is 1. The largest absolute Gasteiger partial charge is 0.352 e. The van der Waals surface area contributed by atoms with Crippen LogP contribution in [0, 0.1) is 10.1 Å². The summed E-state index contributed by atoms with van der Waals surface area (Å²) in [4.78, 5) is 22.1. The summed E-state index contributed by atoms with van der Waals surface area (Å²) < 4.78 is 0. The molecule has 0 aromatic heterocycles. The Balaban J connectivity index is 1.98. The van der Waals surface area contributed by atoms with Crippen molar-refractivity contribution in [2.24, 2.45) is 0 Å². The minimum atomic E-state index is -0.494. The number of hydrogen-bond acceptors (Lipinski definition) is 3. The van der Waals surface area contributed by atoms with E-state index in [0.717, 1.165) is 5.56 Å². The van der Waals surface area contributed by atoms with E-state index >= 15 is 0 Å². The van der Waals surface area contributed by atoms with Gasteiger partial charge in [0.15, 0.2) is 0 Å². The molecule has 0 saturated heterocycles. The molecule has 1 amide bonds. The van der Waals surface area contributed by atoms with Crippen LogP contribution in [0.5, 0.6) is 0 Å². The fourth-order valence-corrected chi connectivity index (χ4v) is 2.03. The first-order valence-electron chi connectivity index (χ1n) is 6.29. The summed E-state index contributed by atoms with van der Waals surface area (Å²) in [6.07, 6.45) is 0.257. The number of benzene rings is 2. The van der Waals surface area contributed by atoms with Gasteiger partial charge in [0, 0.05) is 23.7 Å². The van der Waals surface area contributed by atoms with Crippen LogP contribution in [0.25, 0.3) is 0 Å². The van der Waals surface area contributed by atoms with E-state index in [2.05, 4.69) is 5.32 Å². The van der Waals surface area contributed by atoms with Crippen molar-refractivity contribution in [2.45, 2.75) is 13.0 Å². The van der Waals surface area contributed by atoms with E-state index in [1.54, 1.807) is 0 Å². The summed E-state index contributed by atoms with van der Waals surface area (Å²) in [5.41, 5.74) is 1.37. The average molecular weight is 305 g/mol. The summed E-state index contributed by atoms with van der Waals surface area (Å²) >= 11 is 5.97. The van der Waals surface area contributed by atoms with Gasteiger partial charge in [0.05, 0.1) is 11.3 Å². The molecule has 0 aliphatic rings. The molecule has 2 rings (SSSR count). The van der Waals surface area contributed by atoms with E-state index in [1.165, 1.54) is 18.2 Å². The second-order valence-corrected chi connectivity index (χ2v) is 4.88. The van der Waals surface area contributed by atoms with E-state index < -0.39 is 4.92 Å². The minimum Gasteiger partial charge on any atom is -0.352 e. The maximum atomic E-state index is 11.8. The topological polar surface area (TPSA) is 72.2 Å². The van der Waals surface area contributed by atoms with Crippen LogP contribution in [0.2, 0.25) is 5.02 Å². The van der Waals surface area contributed by atoms with Crippen LogP contribution in [0.1, 0.15) is 11.1 Å². The fourth-order valence-electron chi connectivity index (χ4n) is 1.85. The zero-order chi connectivity index (χ0) is 15.2. The molecular formula is C15H13ClN2O3. The number of nitro benzene ring substituents is 1. The van der Waals surface area contributed by atoms with Crippen LogP contribution in [0.3, 0.4) is 0 Å². The van der Waals surface area contributed by atoms with Crippen molar-refractivity contribution in [3.63, 3.8) is 0 Å². The van der Waals surface area contributed by atoms with Crippen LogP contribution in [-0.4, -0.2) is 10.8 Å². The predicted molar refractivity (Wildman–Crippen MR) is 80.1 cm³/mol. The summed E-state index contributed by atoms with van der Waals surface area (Å²) in [7, 11) is 0. The Morgan fingerprint density at radius 3 is 2.57 bits per heavy atom. The van der Waals surface area contributed by atoms with E-state index in [1.807, 2.05) is 30.3 Å². The Labute approximate surface area is 126 Å². The molecule has 0 spiro atoms. The summed E-state index contributed by atoms with van der Waals surface area (Å²) in [5.74, 6) is -0.163. The molecule has 0 aliphatic carbocycles. The molecule has 1 N–H and O–H groups in total. The number of nitrogens with zero attached hydrogens (tertiary/aromatic N) is 1. The Morgan fingerprint density at radius 1 is 1.19 bits per heavy atom. The Kier molecular flexibility index (Phi) is 4.90. The zero-order valence-corrected chi connectivity index (χ0v) is 11.8. The number of rotatable bonds is 5. The van der Waals surface area contributed by atoms with Crippen LogP contribution in [0.4, 0.5) is 5.69 Å². The van der Waals surface area contributed by atoms with Gasteiger partial charge < -0.3 is 5.32 Å². The highest BCUT2D eigenvalue weighted by atomic mass is 35.5. The van der Waals surface area contributed by atoms with Gasteiger partial charge in [0.2, 0.25) is 5.91 Å². The number of non-ortho nitro benzene ring substituents is 1. The van der Waals surface area contributed by atoms with Gasteiger partial charge in [-0.05, 0) is 17.2 Å². The van der Waals surface area contributed by atoms with E-state index in [0.29, 0.717) is 10.6 Å². The van der Waals surface area contributed by atoms with Gasteiger partial charge in [-0.1, -0.05) is 41.9 Å². The molecule has 0 heterocycles. The number of carbonyl (C=O) groups excluding carboxylic acids is 1. The summed E-state index contributed by atoms with van der Waals surface area (Å²) in [6, 6.07) is 13.5. The zero-order valence-electron chi connectivity index (χ0n) is 11.1. The molecule has 0 fully saturated rings. The lowest BCUT2D eigenvalue weighted by atomic mass is 10.1. The number of nitro groups is 1. The second kappa shape index (κ2) is 6.85. The van der Waals surface area contributed by atoms with Crippen molar-refractivity contribution in [1.82, 2.24) is 5.32 Å². The lowest BCUT2D eigenvalue weighted by Gasteiger charge is -2.07. The summed E-state index contributed by atoms with van der Waals surface area (Å²) in [6.45, 7) is 0.159. The van der Waals surface area contributed by atoms with Crippen molar-refractivity contribution < 1.29 is 9.72 Å². The van der Waals surface area contributed by atoms with Gasteiger partial charge in [-0.15, -0.1) is 0 Å². The predicted octanol–water partition coefficient (Wildman–Crippen LogP) is 3.11. The molecule has 5 nitrogen and oxygen atoms in total. The highest BCUT2D eigenvalue weighted by Gasteiger charge is 2.10. The first-order chi connectivity index (χ1) is 10.1. The Bertz CT molecular complexity index is 659. The number of amides is 1. The van der Waals surface area contributed by atoms with Crippen molar-refractivity contribution in [1.29, 1.82) is 0 Å². The molecule has 0 atom stereocenters. The molecule has 0 radical (unpaired) electrons. The summed E-state index contributed by atoms with van der Waals surface area (Å²) in [5, 5.41) is 13.8. The first-order valence-corrected chi connectivity index (χ1v) is 6.67. The molecule has 0 bridgehead atoms. The smallest absolute Gasteiger partial charge is 0.269 e. The molecular weight excluding hydrogens is 292 g/mol. The lowest BCUT2D eigenvalue weighted by molar-refractivity contribution is -0.384. The number of hydrogen-bond donors (Lipinski definition) is 1. The Hall–Kier alpha value is -2.40. The third-order valence-corrected chi connectivity index (χ3v) is 3.29. The van der Waals surface area contributed by atoms with Gasteiger partial charge in [-0.25, -0.2) is 0 Å². The van der Waals surface area contributed by atoms with Gasteiger partial charge in [-0.2, -0.15) is 0 Å². The Morgan fingerprint density at radius 2 is 1.90 bits per heavy atom. The quantitative estimate of drug-likeness (QED) is 0.681. The van der Waals surface area contributed by atoms with E-state index in [-0.39, 0.29) is 24.6 Å². The lowest BCUT2D eigenvalue weighted by Crippen LogP contribution is -2.24. The third-order valence-electron chi connectivity index (χ3n) is 2.92. The van der Waals surface area contributed by atoms with Gasteiger partial charge in [0.1, 0.15) is 0 Å². The van der Waals surface area contributed by atoms with Crippen molar-refractivity contribution in [3.05, 3.63) is 74.8 Å². The molecule has 2 aromatic rings. The highest BCUT2D eigenvalue weighted by molar-refractivity contribution is 6.31. The second-order valence-electron chi connectivity index (χ2n) is 4.47. The fraction of sp³-hybridized carbons (Fsp3) is 0.133. The standard InChI is InChI=1S/C15H13ClN2O3/c16-14-7-6-13(18(20)21)9-12(14)10-17-15(19)8-11-4-2-1-3-5-11/h1-7,9H,8,10H2,(H,17,19). The van der Waals surface area contributed by atoms with Gasteiger partial charge in [-0.3, -0.25) is 14.9 Å². The van der Waals surface area contributed by atoms with Gasteiger partial charge in [0.25, 0.3) is 5.69 Å². The number of halogens is 1. The molecule has 0 saturated carbocycles. The maximum absolute atomic E-state index is 11.8. The van der Waals surface area contributed by atoms with E-state index in [4.69, 9.17) is 11.6 Å². The molecule has 108 valence electrons. The van der Waals surface area contributed by atoms with Crippen LogP contribution in [0.15, 0.2) is 48.5 Å². The SMILES string of the molecule is O=C(Cc1ccccc1)NCc1cc([N+](=O)[O-])ccc1Cl. The average Bonchev–Trinajstić information content (AvgIpc) is 2.47. The third kappa shape index (κ3) is 4.29. The van der Waals surface area contributed by atoms with Gasteiger partial charge >= 0.3 is 0 Å². The monoisotopic (exact) mass is 304 g/mol. The highest BCUT2D eigenvalue weighted by Crippen LogP contribution is 2.21. The van der Waals surface area contributed by atoms with Crippen molar-refractivity contribution >= 4 is 23.2 Å². The van der Waals surface area contributed by atoms with Crippen LogP contribution < -0.4 is 5.32 Å². The minimum absolute atomic E-state index is 0.0493. The molecule has 21 heavy (non-hydrogen) atoms. The normalized spacial score (nSPS) is 10.1. The molecule has 2 aromatic carbocycles. The number of carbonyl (C=O) groups is 1. The van der Waals surface area contributed by atoms with Crippen LogP contribution in [-0.2, 0) is 17.8 Å². The first kappa shape index (κ1) is 15.0. The van der Waals surface area contributed by atoms with Crippen molar-refractivity contribution in [3.8, 4) is 0 Å². The van der Waals surface area contributed by atoms with Crippen molar-refractivity contribution in [2.75, 3.05) is 0 Å². The van der Waals surface area contributed by atoms with E-state index in [9.17, 15) is 14.9 Å². The maximum Gasteiger partial charge on any atom is 0.269 e.